The maximum Gasteiger partial charge on any atom is 0.141 e. The summed E-state index contributed by atoms with van der Waals surface area (Å²) in [4.78, 5) is 4.57. The van der Waals surface area contributed by atoms with Crippen LogP contribution >= 0.6 is 0 Å². The van der Waals surface area contributed by atoms with Gasteiger partial charge in [-0.05, 0) is 43.3 Å². The van der Waals surface area contributed by atoms with Gasteiger partial charge in [-0.3, -0.25) is 4.90 Å². The van der Waals surface area contributed by atoms with Crippen molar-refractivity contribution < 1.29 is 14.9 Å². The normalized spacial score (nSPS) is 16.0. The minimum Gasteiger partial charge on any atom is -0.508 e. The molecule has 0 aliphatic carbocycles. The van der Waals surface area contributed by atoms with Crippen LogP contribution in [-0.2, 0) is 0 Å². The van der Waals surface area contributed by atoms with E-state index in [2.05, 4.69) is 41.0 Å². The van der Waals surface area contributed by atoms with Gasteiger partial charge in [-0.1, -0.05) is 17.7 Å². The summed E-state index contributed by atoms with van der Waals surface area (Å²) >= 11 is 0. The number of hydrogen-bond acceptors (Lipinski definition) is 5. The number of aromatic hydroxyl groups is 1. The van der Waals surface area contributed by atoms with Crippen LogP contribution < -0.4 is 9.64 Å². The quantitative estimate of drug-likeness (QED) is 0.818. The Labute approximate surface area is 148 Å². The van der Waals surface area contributed by atoms with Gasteiger partial charge in [0.2, 0.25) is 0 Å². The highest BCUT2D eigenvalue weighted by Gasteiger charge is 2.17. The molecule has 25 heavy (non-hydrogen) atoms. The number of benzene rings is 2. The van der Waals surface area contributed by atoms with Gasteiger partial charge in [-0.2, -0.15) is 0 Å². The third kappa shape index (κ3) is 4.90. The van der Waals surface area contributed by atoms with Gasteiger partial charge in [-0.15, -0.1) is 0 Å². The second-order valence-electron chi connectivity index (χ2n) is 6.32. The van der Waals surface area contributed by atoms with Gasteiger partial charge in [0.05, 0.1) is 6.54 Å². The third-order valence-corrected chi connectivity index (χ3v) is 4.32. The van der Waals surface area contributed by atoms with E-state index in [1.807, 2.05) is 0 Å². The highest BCUT2D eigenvalue weighted by molar-refractivity contribution is 5.47. The van der Waals surface area contributed by atoms with E-state index >= 15 is 0 Å². The van der Waals surface area contributed by atoms with Crippen molar-refractivity contribution in [2.75, 3.05) is 37.6 Å². The van der Waals surface area contributed by atoms with Crippen molar-refractivity contribution in [1.29, 1.82) is 0 Å². The van der Waals surface area contributed by atoms with E-state index in [4.69, 9.17) is 4.74 Å². The Kier molecular flexibility index (Phi) is 5.46. The first-order chi connectivity index (χ1) is 12.1. The van der Waals surface area contributed by atoms with Crippen molar-refractivity contribution in [2.45, 2.75) is 6.92 Å². The summed E-state index contributed by atoms with van der Waals surface area (Å²) in [6.07, 6.45) is 1.36. The molecule has 2 aromatic rings. The van der Waals surface area contributed by atoms with Crippen LogP contribution in [0.25, 0.3) is 0 Å². The van der Waals surface area contributed by atoms with E-state index in [0.29, 0.717) is 12.3 Å². The van der Waals surface area contributed by atoms with E-state index in [-0.39, 0.29) is 11.5 Å². The molecule has 132 valence electrons. The van der Waals surface area contributed by atoms with Crippen molar-refractivity contribution >= 4 is 5.69 Å². The lowest BCUT2D eigenvalue weighted by atomic mass is 10.2. The fourth-order valence-corrected chi connectivity index (χ4v) is 2.85. The number of anilines is 1. The molecule has 0 unspecified atom stereocenters. The van der Waals surface area contributed by atoms with Gasteiger partial charge < -0.3 is 19.8 Å². The Balaban J connectivity index is 1.47. The molecule has 5 heteroatoms. The van der Waals surface area contributed by atoms with Crippen LogP contribution in [-0.4, -0.2) is 47.8 Å². The van der Waals surface area contributed by atoms with Crippen LogP contribution in [0, 0.1) is 6.92 Å². The Morgan fingerprint density at radius 2 is 1.64 bits per heavy atom. The lowest BCUT2D eigenvalue weighted by molar-refractivity contribution is 0.230. The number of aliphatic hydroxyl groups is 1. The Morgan fingerprint density at radius 3 is 2.28 bits per heavy atom. The van der Waals surface area contributed by atoms with Crippen LogP contribution in [0.15, 0.2) is 60.6 Å². The average molecular weight is 340 g/mol. The highest BCUT2D eigenvalue weighted by Crippen LogP contribution is 2.18. The molecule has 1 aliphatic heterocycles. The monoisotopic (exact) mass is 340 g/mol. The van der Waals surface area contributed by atoms with Crippen molar-refractivity contribution in [1.82, 2.24) is 4.90 Å². The minimum absolute atomic E-state index is 0.187. The molecule has 2 N–H and O–H groups in total. The van der Waals surface area contributed by atoms with Crippen molar-refractivity contribution in [3.05, 3.63) is 66.1 Å². The maximum absolute atomic E-state index is 10.1. The highest BCUT2D eigenvalue weighted by atomic mass is 16.5. The van der Waals surface area contributed by atoms with E-state index in [0.717, 1.165) is 26.2 Å². The zero-order chi connectivity index (χ0) is 17.6. The lowest BCUT2D eigenvalue weighted by Crippen LogP contribution is -2.47. The minimum atomic E-state index is 0.187. The molecule has 3 rings (SSSR count). The topological polar surface area (TPSA) is 56.2 Å². The first kappa shape index (κ1) is 17.2. The molecule has 1 heterocycles. The molecule has 0 amide bonds. The zero-order valence-electron chi connectivity index (χ0n) is 14.4. The molecule has 0 radical (unpaired) electrons. The summed E-state index contributed by atoms with van der Waals surface area (Å²) in [5.41, 5.74) is 2.52. The fourth-order valence-electron chi connectivity index (χ4n) is 2.85. The van der Waals surface area contributed by atoms with Gasteiger partial charge in [0, 0.05) is 31.9 Å². The first-order valence-corrected chi connectivity index (χ1v) is 8.48. The van der Waals surface area contributed by atoms with Crippen molar-refractivity contribution in [2.24, 2.45) is 0 Å². The summed E-state index contributed by atoms with van der Waals surface area (Å²) in [7, 11) is 0. The molecule has 1 fully saturated rings. The molecule has 0 saturated carbocycles. The summed E-state index contributed by atoms with van der Waals surface area (Å²) in [5.74, 6) is 0.956. The number of rotatable bonds is 5. The van der Waals surface area contributed by atoms with Gasteiger partial charge in [0.1, 0.15) is 23.5 Å². The third-order valence-electron chi connectivity index (χ3n) is 4.32. The number of hydrogen-bond donors (Lipinski definition) is 2. The largest absolute Gasteiger partial charge is 0.508 e. The fraction of sp³-hybridized carbons (Fsp3) is 0.300. The Bertz CT molecular complexity index is 703. The molecule has 0 bridgehead atoms. The predicted octanol–water partition coefficient (Wildman–Crippen LogP) is 3.30. The smallest absolute Gasteiger partial charge is 0.141 e. The van der Waals surface area contributed by atoms with E-state index in [9.17, 15) is 10.2 Å². The first-order valence-electron chi connectivity index (χ1n) is 8.48. The van der Waals surface area contributed by atoms with Gasteiger partial charge in [0.15, 0.2) is 0 Å². The number of nitrogens with zero attached hydrogens (tertiary/aromatic N) is 2. The van der Waals surface area contributed by atoms with E-state index in [1.54, 1.807) is 24.3 Å². The van der Waals surface area contributed by atoms with Crippen LogP contribution in [0.1, 0.15) is 5.56 Å². The predicted molar refractivity (Wildman–Crippen MR) is 99.3 cm³/mol. The molecule has 0 aromatic heterocycles. The maximum atomic E-state index is 10.1. The molecule has 0 spiro atoms. The Hall–Kier alpha value is -2.66. The van der Waals surface area contributed by atoms with Crippen LogP contribution in [0.3, 0.4) is 0 Å². The van der Waals surface area contributed by atoms with Gasteiger partial charge in [-0.25, -0.2) is 0 Å². The summed E-state index contributed by atoms with van der Waals surface area (Å²) in [6, 6.07) is 15.0. The SMILES string of the molecule is Cc1ccc(N2CCN(C/C(O)=C/Oc3ccc(O)cc3)CC2)cc1. The van der Waals surface area contributed by atoms with E-state index in [1.165, 1.54) is 17.5 Å². The molecule has 2 aromatic carbocycles. The standard InChI is InChI=1S/C20H24N2O3/c1-16-2-4-17(5-3-16)22-12-10-21(11-13-22)14-19(24)15-25-20-8-6-18(23)7-9-20/h2-9,15,23-24H,10-14H2,1H3/b19-15-. The molecular formula is C20H24N2O3. The van der Waals surface area contributed by atoms with E-state index < -0.39 is 0 Å². The summed E-state index contributed by atoms with van der Waals surface area (Å²) in [5, 5.41) is 19.3. The van der Waals surface area contributed by atoms with Crippen molar-refractivity contribution in [3.63, 3.8) is 0 Å². The average Bonchev–Trinajstić information content (AvgIpc) is 2.63. The number of ether oxygens (including phenoxy) is 1. The molecular weight excluding hydrogens is 316 g/mol. The number of phenols is 1. The molecule has 0 atom stereocenters. The zero-order valence-corrected chi connectivity index (χ0v) is 14.4. The molecule has 1 saturated heterocycles. The van der Waals surface area contributed by atoms with Crippen molar-refractivity contribution in [3.8, 4) is 11.5 Å². The number of aryl methyl sites for hydroxylation is 1. The summed E-state index contributed by atoms with van der Waals surface area (Å²) in [6.45, 7) is 6.23. The van der Waals surface area contributed by atoms with Crippen LogP contribution in [0.2, 0.25) is 0 Å². The Morgan fingerprint density at radius 1 is 1.00 bits per heavy atom. The van der Waals surface area contributed by atoms with Crippen LogP contribution in [0.4, 0.5) is 5.69 Å². The second kappa shape index (κ2) is 7.94. The number of aliphatic hydroxyl groups excluding tert-OH is 1. The van der Waals surface area contributed by atoms with Crippen LogP contribution in [0.5, 0.6) is 11.5 Å². The number of phenolic OH excluding ortho intramolecular Hbond substituents is 1. The number of piperazine rings is 1. The second-order valence-corrected chi connectivity index (χ2v) is 6.32. The summed E-state index contributed by atoms with van der Waals surface area (Å²) < 4.78 is 5.41. The van der Waals surface area contributed by atoms with Gasteiger partial charge in [0.25, 0.3) is 0 Å². The van der Waals surface area contributed by atoms with Gasteiger partial charge >= 0.3 is 0 Å². The molecule has 1 aliphatic rings. The lowest BCUT2D eigenvalue weighted by Gasteiger charge is -2.35. The molecule has 5 nitrogen and oxygen atoms in total.